The number of fused-ring (bicyclic) bond motifs is 1. The van der Waals surface area contributed by atoms with Crippen LogP contribution in [0.1, 0.15) is 24.6 Å². The van der Waals surface area contributed by atoms with Gasteiger partial charge in [0.05, 0.1) is 12.3 Å². The van der Waals surface area contributed by atoms with Crippen LogP contribution in [0.25, 0.3) is 0 Å². The molecular formula is C17H25N5O2. The molecule has 0 unspecified atom stereocenters. The van der Waals surface area contributed by atoms with Crippen LogP contribution in [0.4, 0.5) is 5.82 Å². The zero-order valence-electron chi connectivity index (χ0n) is 14.3. The van der Waals surface area contributed by atoms with Crippen molar-refractivity contribution in [3.05, 3.63) is 23.9 Å². The number of nitrogens with zero attached hydrogens (tertiary/aromatic N) is 4. The van der Waals surface area contributed by atoms with Gasteiger partial charge < -0.3 is 19.9 Å². The van der Waals surface area contributed by atoms with Gasteiger partial charge in [-0.1, -0.05) is 13.5 Å². The summed E-state index contributed by atoms with van der Waals surface area (Å²) in [5.41, 5.74) is 2.24. The maximum atomic E-state index is 11.8. The number of piperazine rings is 1. The van der Waals surface area contributed by atoms with Crippen molar-refractivity contribution in [2.75, 3.05) is 44.2 Å². The highest BCUT2D eigenvalue weighted by atomic mass is 16.5. The average molecular weight is 331 g/mol. The van der Waals surface area contributed by atoms with Gasteiger partial charge in [-0.05, 0) is 25.5 Å². The summed E-state index contributed by atoms with van der Waals surface area (Å²) in [5, 5.41) is 3.36. The highest BCUT2D eigenvalue weighted by molar-refractivity contribution is 5.87. The maximum Gasteiger partial charge on any atom is 0.318 e. The largest absolute Gasteiger partial charge is 0.463 e. The van der Waals surface area contributed by atoms with Crippen LogP contribution in [0.2, 0.25) is 0 Å². The highest BCUT2D eigenvalue weighted by Crippen LogP contribution is 2.27. The standard InChI is InChI=1S/C17H25N5O2/c1-3-11-24-17-19-14-12-18-6-5-13(14)16(20-17)22-9-7-21(8-10-22)15(23)4-2/h4,18H,2-3,5-12H2,1H3. The van der Waals surface area contributed by atoms with Gasteiger partial charge in [-0.3, -0.25) is 4.79 Å². The second-order valence-corrected chi connectivity index (χ2v) is 6.05. The fourth-order valence-electron chi connectivity index (χ4n) is 3.10. The lowest BCUT2D eigenvalue weighted by molar-refractivity contribution is -0.126. The van der Waals surface area contributed by atoms with Crippen molar-refractivity contribution >= 4 is 11.7 Å². The molecule has 2 aliphatic heterocycles. The third kappa shape index (κ3) is 3.51. The van der Waals surface area contributed by atoms with E-state index in [1.54, 1.807) is 0 Å². The quantitative estimate of drug-likeness (QED) is 0.803. The topological polar surface area (TPSA) is 70.6 Å². The summed E-state index contributed by atoms with van der Waals surface area (Å²) in [5.74, 6) is 0.967. The van der Waals surface area contributed by atoms with Crippen molar-refractivity contribution in [3.63, 3.8) is 0 Å². The number of aromatic nitrogens is 2. The van der Waals surface area contributed by atoms with Crippen molar-refractivity contribution < 1.29 is 9.53 Å². The summed E-state index contributed by atoms with van der Waals surface area (Å²) in [6.45, 7) is 10.8. The summed E-state index contributed by atoms with van der Waals surface area (Å²) in [6, 6.07) is 0.457. The molecule has 0 atom stereocenters. The SMILES string of the molecule is C=CC(=O)N1CCN(c2nc(OCCC)nc3c2CCNC3)CC1. The fourth-order valence-corrected chi connectivity index (χ4v) is 3.10. The lowest BCUT2D eigenvalue weighted by Crippen LogP contribution is -2.49. The van der Waals surface area contributed by atoms with Gasteiger partial charge in [0, 0.05) is 38.3 Å². The molecule has 3 rings (SSSR count). The van der Waals surface area contributed by atoms with Crippen LogP contribution in [0.3, 0.4) is 0 Å². The first-order chi connectivity index (χ1) is 11.7. The average Bonchev–Trinajstić information content (AvgIpc) is 2.65. The minimum Gasteiger partial charge on any atom is -0.463 e. The number of hydrogen-bond donors (Lipinski definition) is 1. The highest BCUT2D eigenvalue weighted by Gasteiger charge is 2.26. The summed E-state index contributed by atoms with van der Waals surface area (Å²) in [4.78, 5) is 25.1. The van der Waals surface area contributed by atoms with Gasteiger partial charge in [0.1, 0.15) is 5.82 Å². The van der Waals surface area contributed by atoms with Crippen LogP contribution in [-0.4, -0.2) is 60.1 Å². The Morgan fingerprint density at radius 3 is 2.83 bits per heavy atom. The molecule has 1 fully saturated rings. The van der Waals surface area contributed by atoms with E-state index in [2.05, 4.69) is 33.7 Å². The van der Waals surface area contributed by atoms with Gasteiger partial charge >= 0.3 is 6.01 Å². The smallest absolute Gasteiger partial charge is 0.318 e. The molecule has 0 radical (unpaired) electrons. The third-order valence-corrected chi connectivity index (χ3v) is 4.40. The first kappa shape index (κ1) is 16.7. The van der Waals surface area contributed by atoms with Gasteiger partial charge in [-0.15, -0.1) is 0 Å². The lowest BCUT2D eigenvalue weighted by atomic mass is 10.1. The first-order valence-corrected chi connectivity index (χ1v) is 8.62. The Morgan fingerprint density at radius 2 is 2.12 bits per heavy atom. The number of nitrogens with one attached hydrogen (secondary N) is 1. The van der Waals surface area contributed by atoms with Crippen molar-refractivity contribution in [3.8, 4) is 6.01 Å². The Bertz CT molecular complexity index is 611. The molecule has 0 spiro atoms. The van der Waals surface area contributed by atoms with Crippen molar-refractivity contribution in [1.82, 2.24) is 20.2 Å². The second-order valence-electron chi connectivity index (χ2n) is 6.05. The molecule has 1 N–H and O–H groups in total. The van der Waals surface area contributed by atoms with E-state index in [1.807, 2.05) is 4.90 Å². The van der Waals surface area contributed by atoms with E-state index in [0.717, 1.165) is 50.5 Å². The molecule has 0 aromatic carbocycles. The molecule has 2 aliphatic rings. The van der Waals surface area contributed by atoms with Crippen molar-refractivity contribution in [2.24, 2.45) is 0 Å². The monoisotopic (exact) mass is 331 g/mol. The molecule has 130 valence electrons. The minimum atomic E-state index is -0.00413. The van der Waals surface area contributed by atoms with E-state index < -0.39 is 0 Å². The van der Waals surface area contributed by atoms with Crippen LogP contribution in [0.15, 0.2) is 12.7 Å². The molecule has 1 amide bonds. The van der Waals surface area contributed by atoms with Gasteiger partial charge in [0.25, 0.3) is 0 Å². The van der Waals surface area contributed by atoms with Crippen LogP contribution in [-0.2, 0) is 17.8 Å². The lowest BCUT2D eigenvalue weighted by Gasteiger charge is -2.36. The Balaban J connectivity index is 1.81. The number of ether oxygens (including phenoxy) is 1. The van der Waals surface area contributed by atoms with Gasteiger partial charge in [-0.25, -0.2) is 0 Å². The molecule has 7 nitrogen and oxygen atoms in total. The Kier molecular flexibility index (Phi) is 5.30. The summed E-state index contributed by atoms with van der Waals surface area (Å²) >= 11 is 0. The molecule has 3 heterocycles. The van der Waals surface area contributed by atoms with Gasteiger partial charge in [0.15, 0.2) is 0 Å². The zero-order valence-corrected chi connectivity index (χ0v) is 14.3. The molecule has 1 aromatic heterocycles. The minimum absolute atomic E-state index is 0.00413. The van der Waals surface area contributed by atoms with Gasteiger partial charge in [-0.2, -0.15) is 9.97 Å². The molecule has 1 aromatic rings. The third-order valence-electron chi connectivity index (χ3n) is 4.40. The van der Waals surface area contributed by atoms with Crippen LogP contribution in [0, 0.1) is 0 Å². The predicted molar refractivity (Wildman–Crippen MR) is 92.2 cm³/mol. The molecule has 24 heavy (non-hydrogen) atoms. The predicted octanol–water partition coefficient (Wildman–Crippen LogP) is 0.746. The van der Waals surface area contributed by atoms with Crippen molar-refractivity contribution in [2.45, 2.75) is 26.3 Å². The normalized spacial score (nSPS) is 17.4. The number of rotatable bonds is 5. The first-order valence-electron chi connectivity index (χ1n) is 8.62. The number of hydrogen-bond acceptors (Lipinski definition) is 6. The van der Waals surface area contributed by atoms with E-state index in [0.29, 0.717) is 25.7 Å². The van der Waals surface area contributed by atoms with Crippen molar-refractivity contribution in [1.29, 1.82) is 0 Å². The summed E-state index contributed by atoms with van der Waals surface area (Å²) < 4.78 is 5.68. The van der Waals surface area contributed by atoms with E-state index in [-0.39, 0.29) is 5.91 Å². The van der Waals surface area contributed by atoms with E-state index in [9.17, 15) is 4.79 Å². The molecule has 0 saturated carbocycles. The molecule has 0 aliphatic carbocycles. The number of anilines is 1. The van der Waals surface area contributed by atoms with Crippen LogP contribution < -0.4 is 15.0 Å². The Morgan fingerprint density at radius 1 is 1.33 bits per heavy atom. The Labute approximate surface area is 142 Å². The zero-order chi connectivity index (χ0) is 16.9. The molecule has 1 saturated heterocycles. The summed E-state index contributed by atoms with van der Waals surface area (Å²) in [6.07, 6.45) is 3.23. The maximum absolute atomic E-state index is 11.8. The summed E-state index contributed by atoms with van der Waals surface area (Å²) in [7, 11) is 0. The number of carbonyl (C=O) groups excluding carboxylic acids is 1. The van der Waals surface area contributed by atoms with E-state index >= 15 is 0 Å². The van der Waals surface area contributed by atoms with Crippen LogP contribution in [0.5, 0.6) is 6.01 Å². The Hall–Kier alpha value is -2.15. The van der Waals surface area contributed by atoms with E-state index in [1.165, 1.54) is 11.6 Å². The van der Waals surface area contributed by atoms with Crippen LogP contribution >= 0.6 is 0 Å². The van der Waals surface area contributed by atoms with Gasteiger partial charge in [0.2, 0.25) is 5.91 Å². The van der Waals surface area contributed by atoms with E-state index in [4.69, 9.17) is 4.74 Å². The molecule has 7 heteroatoms. The second kappa shape index (κ2) is 7.61. The molecule has 0 bridgehead atoms. The number of carbonyl (C=O) groups is 1. The molecular weight excluding hydrogens is 306 g/mol. The fraction of sp³-hybridized carbons (Fsp3) is 0.588. The number of amides is 1.